The van der Waals surface area contributed by atoms with E-state index in [4.69, 9.17) is 4.74 Å². The predicted octanol–water partition coefficient (Wildman–Crippen LogP) is 6.59. The quantitative estimate of drug-likeness (QED) is 0.339. The molecule has 5 rings (SSSR count). The van der Waals surface area contributed by atoms with Crippen LogP contribution in [0.15, 0.2) is 78.9 Å². The number of hydrogen-bond donors (Lipinski definition) is 0. The number of ether oxygens (including phenoxy) is 1. The van der Waals surface area contributed by atoms with E-state index in [2.05, 4.69) is 79.7 Å². The number of rotatable bonds is 1. The lowest BCUT2D eigenvalue weighted by molar-refractivity contribution is 0.485. The van der Waals surface area contributed by atoms with Crippen molar-refractivity contribution in [2.45, 2.75) is 6.92 Å². The van der Waals surface area contributed by atoms with Gasteiger partial charge in [0.05, 0.1) is 0 Å². The van der Waals surface area contributed by atoms with Crippen molar-refractivity contribution >= 4 is 10.8 Å². The van der Waals surface area contributed by atoms with Gasteiger partial charge in [-0.3, -0.25) is 0 Å². The SMILES string of the molecule is Cc1cccc2c1Oc1c(-c3ccccc3)ccc3cccc-2c13. The largest absolute Gasteiger partial charge is 0.455 e. The average Bonchev–Trinajstić information content (AvgIpc) is 2.64. The first-order chi connectivity index (χ1) is 11.8. The molecule has 0 fully saturated rings. The van der Waals surface area contributed by atoms with Gasteiger partial charge in [0.1, 0.15) is 11.5 Å². The molecule has 0 N–H and O–H groups in total. The van der Waals surface area contributed by atoms with Gasteiger partial charge < -0.3 is 4.74 Å². The summed E-state index contributed by atoms with van der Waals surface area (Å²) >= 11 is 0. The zero-order valence-electron chi connectivity index (χ0n) is 13.4. The lowest BCUT2D eigenvalue weighted by atomic mass is 9.90. The number of hydrogen-bond acceptors (Lipinski definition) is 1. The Kier molecular flexibility index (Phi) is 2.77. The van der Waals surface area contributed by atoms with E-state index in [1.807, 2.05) is 6.07 Å². The van der Waals surface area contributed by atoms with Gasteiger partial charge in [0.2, 0.25) is 0 Å². The topological polar surface area (TPSA) is 9.23 Å². The van der Waals surface area contributed by atoms with Gasteiger partial charge in [-0.2, -0.15) is 0 Å². The van der Waals surface area contributed by atoms with Crippen LogP contribution in [0.2, 0.25) is 0 Å². The van der Waals surface area contributed by atoms with Gasteiger partial charge in [0.25, 0.3) is 0 Å². The third kappa shape index (κ3) is 1.82. The molecular formula is C23H16O. The minimum absolute atomic E-state index is 0.969. The minimum Gasteiger partial charge on any atom is -0.455 e. The molecule has 4 aromatic carbocycles. The number of aryl methyl sites for hydroxylation is 1. The second kappa shape index (κ2) is 4.97. The van der Waals surface area contributed by atoms with E-state index in [0.29, 0.717) is 0 Å². The zero-order valence-corrected chi connectivity index (χ0v) is 13.4. The molecule has 1 heterocycles. The van der Waals surface area contributed by atoms with Crippen LogP contribution in [0.4, 0.5) is 0 Å². The fourth-order valence-electron chi connectivity index (χ4n) is 3.62. The fraction of sp³-hybridized carbons (Fsp3) is 0.0435. The van der Waals surface area contributed by atoms with E-state index in [1.54, 1.807) is 0 Å². The zero-order chi connectivity index (χ0) is 16.1. The van der Waals surface area contributed by atoms with Crippen molar-refractivity contribution in [3.63, 3.8) is 0 Å². The summed E-state index contributed by atoms with van der Waals surface area (Å²) in [6, 6.07) is 27.6. The Morgan fingerprint density at radius 3 is 2.25 bits per heavy atom. The normalized spacial score (nSPS) is 11.9. The Morgan fingerprint density at radius 2 is 1.38 bits per heavy atom. The maximum Gasteiger partial charge on any atom is 0.143 e. The van der Waals surface area contributed by atoms with Gasteiger partial charge >= 0.3 is 0 Å². The summed E-state index contributed by atoms with van der Waals surface area (Å²) in [5.41, 5.74) is 5.92. The van der Waals surface area contributed by atoms with Gasteiger partial charge in [-0.25, -0.2) is 0 Å². The van der Waals surface area contributed by atoms with Crippen molar-refractivity contribution in [3.05, 3.63) is 84.4 Å². The van der Waals surface area contributed by atoms with E-state index in [-0.39, 0.29) is 0 Å². The number of para-hydroxylation sites is 1. The first-order valence-corrected chi connectivity index (χ1v) is 8.22. The van der Waals surface area contributed by atoms with Crippen molar-refractivity contribution in [1.29, 1.82) is 0 Å². The Balaban J connectivity index is 1.91. The van der Waals surface area contributed by atoms with Crippen LogP contribution in [0, 0.1) is 6.92 Å². The molecule has 4 aromatic rings. The lowest BCUT2D eigenvalue weighted by Gasteiger charge is -2.25. The molecule has 0 aromatic heterocycles. The summed E-state index contributed by atoms with van der Waals surface area (Å²) in [7, 11) is 0. The molecule has 0 saturated heterocycles. The number of fused-ring (bicyclic) bond motifs is 2. The Morgan fingerprint density at radius 1 is 0.583 bits per heavy atom. The molecule has 1 aliphatic heterocycles. The van der Waals surface area contributed by atoms with Crippen LogP contribution in [0.25, 0.3) is 33.0 Å². The molecule has 0 aliphatic carbocycles. The van der Waals surface area contributed by atoms with Crippen LogP contribution in [0.3, 0.4) is 0 Å². The van der Waals surface area contributed by atoms with Crippen molar-refractivity contribution in [3.8, 4) is 33.8 Å². The Bertz CT molecular complexity index is 1080. The van der Waals surface area contributed by atoms with Gasteiger partial charge in [0, 0.05) is 16.5 Å². The molecule has 0 saturated carbocycles. The van der Waals surface area contributed by atoms with E-state index >= 15 is 0 Å². The maximum atomic E-state index is 6.47. The van der Waals surface area contributed by atoms with Crippen molar-refractivity contribution in [2.24, 2.45) is 0 Å². The summed E-state index contributed by atoms with van der Waals surface area (Å²) in [6.07, 6.45) is 0. The highest BCUT2D eigenvalue weighted by Gasteiger charge is 2.23. The van der Waals surface area contributed by atoms with E-state index in [0.717, 1.165) is 22.6 Å². The fourth-order valence-corrected chi connectivity index (χ4v) is 3.62. The Labute approximate surface area is 141 Å². The smallest absolute Gasteiger partial charge is 0.143 e. The van der Waals surface area contributed by atoms with Crippen molar-refractivity contribution in [1.82, 2.24) is 0 Å². The minimum atomic E-state index is 0.969. The highest BCUT2D eigenvalue weighted by atomic mass is 16.5. The van der Waals surface area contributed by atoms with E-state index in [9.17, 15) is 0 Å². The second-order valence-corrected chi connectivity index (χ2v) is 6.27. The summed E-state index contributed by atoms with van der Waals surface area (Å²) in [5, 5.41) is 2.42. The van der Waals surface area contributed by atoms with Crippen LogP contribution in [-0.2, 0) is 0 Å². The van der Waals surface area contributed by atoms with Crippen molar-refractivity contribution in [2.75, 3.05) is 0 Å². The lowest BCUT2D eigenvalue weighted by Crippen LogP contribution is -2.00. The van der Waals surface area contributed by atoms with Gasteiger partial charge in [-0.15, -0.1) is 0 Å². The van der Waals surface area contributed by atoms with Crippen LogP contribution < -0.4 is 4.74 Å². The molecule has 0 unspecified atom stereocenters. The molecule has 24 heavy (non-hydrogen) atoms. The molecule has 114 valence electrons. The third-order valence-electron chi connectivity index (χ3n) is 4.79. The Hall–Kier alpha value is -3.06. The molecule has 0 radical (unpaired) electrons. The average molecular weight is 308 g/mol. The molecule has 0 amide bonds. The molecular weight excluding hydrogens is 292 g/mol. The van der Waals surface area contributed by atoms with Crippen LogP contribution in [-0.4, -0.2) is 0 Å². The van der Waals surface area contributed by atoms with Gasteiger partial charge in [-0.1, -0.05) is 72.8 Å². The van der Waals surface area contributed by atoms with Gasteiger partial charge in [-0.05, 0) is 35.1 Å². The highest BCUT2D eigenvalue weighted by molar-refractivity contribution is 6.07. The van der Waals surface area contributed by atoms with Crippen LogP contribution in [0.5, 0.6) is 11.5 Å². The summed E-state index contributed by atoms with van der Waals surface area (Å²) in [5.74, 6) is 1.94. The molecule has 0 atom stereocenters. The molecule has 1 nitrogen and oxygen atoms in total. The predicted molar refractivity (Wildman–Crippen MR) is 99.6 cm³/mol. The summed E-state index contributed by atoms with van der Waals surface area (Å²) < 4.78 is 6.47. The highest BCUT2D eigenvalue weighted by Crippen LogP contribution is 2.51. The first kappa shape index (κ1) is 13.4. The molecule has 0 spiro atoms. The van der Waals surface area contributed by atoms with Crippen LogP contribution in [0.1, 0.15) is 5.56 Å². The molecule has 1 heteroatoms. The molecule has 1 aliphatic rings. The molecule has 0 bridgehead atoms. The summed E-state index contributed by atoms with van der Waals surface area (Å²) in [4.78, 5) is 0. The number of benzene rings is 4. The van der Waals surface area contributed by atoms with E-state index < -0.39 is 0 Å². The second-order valence-electron chi connectivity index (χ2n) is 6.27. The van der Waals surface area contributed by atoms with E-state index in [1.165, 1.54) is 27.5 Å². The maximum absolute atomic E-state index is 6.47. The van der Waals surface area contributed by atoms with Gasteiger partial charge in [0.15, 0.2) is 0 Å². The summed E-state index contributed by atoms with van der Waals surface area (Å²) in [6.45, 7) is 2.11. The van der Waals surface area contributed by atoms with Crippen molar-refractivity contribution < 1.29 is 4.74 Å². The van der Waals surface area contributed by atoms with Crippen LogP contribution >= 0.6 is 0 Å². The monoisotopic (exact) mass is 308 g/mol. The third-order valence-corrected chi connectivity index (χ3v) is 4.79. The standard InChI is InChI=1S/C23H16O/c1-15-7-5-12-20-19-11-6-10-17-13-14-18(16-8-3-2-4-9-16)23(21(17)19)24-22(15)20/h2-14H,1H3. The first-order valence-electron chi connectivity index (χ1n) is 8.22.